The maximum Gasteiger partial charge on any atom is 0.257 e. The lowest BCUT2D eigenvalue weighted by Gasteiger charge is -2.11. The Morgan fingerprint density at radius 1 is 0.824 bits per heavy atom. The highest BCUT2D eigenvalue weighted by molar-refractivity contribution is 6.36. The van der Waals surface area contributed by atoms with Crippen molar-refractivity contribution in [3.8, 4) is 5.75 Å². The van der Waals surface area contributed by atoms with Gasteiger partial charge in [0.2, 0.25) is 5.95 Å². The van der Waals surface area contributed by atoms with Crippen molar-refractivity contribution in [2.24, 2.45) is 0 Å². The molecule has 172 valence electrons. The van der Waals surface area contributed by atoms with Crippen LogP contribution in [0.4, 0.5) is 28.8 Å². The first kappa shape index (κ1) is 23.4. The van der Waals surface area contributed by atoms with Gasteiger partial charge in [-0.05, 0) is 73.7 Å². The van der Waals surface area contributed by atoms with E-state index in [1.807, 2.05) is 49.4 Å². The summed E-state index contributed by atoms with van der Waals surface area (Å²) in [5.74, 6) is 1.53. The molecule has 3 N–H and O–H groups in total. The molecular formula is C25H21Cl2N5O2. The summed E-state index contributed by atoms with van der Waals surface area (Å²) >= 11 is 12.1. The molecule has 0 atom stereocenters. The minimum atomic E-state index is -0.343. The van der Waals surface area contributed by atoms with Crippen molar-refractivity contribution in [3.05, 3.63) is 94.1 Å². The molecule has 0 bridgehead atoms. The molecule has 0 saturated heterocycles. The number of aryl methyl sites for hydroxylation is 1. The summed E-state index contributed by atoms with van der Waals surface area (Å²) in [6, 6.07) is 21.3. The third-order valence-electron chi connectivity index (χ3n) is 4.79. The summed E-state index contributed by atoms with van der Waals surface area (Å²) in [6.07, 6.45) is 0. The SMILES string of the molecule is COc1ccc(Nc2cc(C)nc(Nc3ccc(NC(=O)c4cc(Cl)ccc4Cl)cc3)n2)cc1. The Morgan fingerprint density at radius 3 is 2.18 bits per heavy atom. The zero-order valence-electron chi connectivity index (χ0n) is 18.4. The summed E-state index contributed by atoms with van der Waals surface area (Å²) in [6.45, 7) is 1.89. The molecule has 1 heterocycles. The van der Waals surface area contributed by atoms with E-state index < -0.39 is 0 Å². The summed E-state index contributed by atoms with van der Waals surface area (Å²) in [4.78, 5) is 21.5. The molecule has 0 aliphatic heterocycles. The van der Waals surface area contributed by atoms with Crippen LogP contribution in [0.2, 0.25) is 10.0 Å². The second kappa shape index (κ2) is 10.4. The smallest absolute Gasteiger partial charge is 0.257 e. The molecule has 3 aromatic carbocycles. The van der Waals surface area contributed by atoms with Crippen LogP contribution in [-0.2, 0) is 0 Å². The van der Waals surface area contributed by atoms with E-state index in [9.17, 15) is 4.79 Å². The van der Waals surface area contributed by atoms with Gasteiger partial charge in [-0.3, -0.25) is 4.79 Å². The van der Waals surface area contributed by atoms with Gasteiger partial charge in [0.05, 0.1) is 17.7 Å². The van der Waals surface area contributed by atoms with Crippen LogP contribution < -0.4 is 20.7 Å². The van der Waals surface area contributed by atoms with Gasteiger partial charge in [-0.1, -0.05) is 23.2 Å². The molecule has 0 aliphatic rings. The number of carbonyl (C=O) groups excluding carboxylic acids is 1. The Hall–Kier alpha value is -3.81. The molecule has 1 aromatic heterocycles. The number of hydrogen-bond donors (Lipinski definition) is 3. The maximum atomic E-state index is 12.5. The van der Waals surface area contributed by atoms with Crippen LogP contribution in [0.1, 0.15) is 16.1 Å². The molecule has 1 amide bonds. The van der Waals surface area contributed by atoms with E-state index in [0.29, 0.717) is 33.1 Å². The number of carbonyl (C=O) groups is 1. The van der Waals surface area contributed by atoms with Crippen LogP contribution >= 0.6 is 23.2 Å². The quantitative estimate of drug-likeness (QED) is 0.261. The Morgan fingerprint density at radius 2 is 1.47 bits per heavy atom. The van der Waals surface area contributed by atoms with Gasteiger partial charge in [0.15, 0.2) is 0 Å². The molecule has 0 aliphatic carbocycles. The number of anilines is 5. The molecule has 34 heavy (non-hydrogen) atoms. The molecular weight excluding hydrogens is 473 g/mol. The van der Waals surface area contributed by atoms with Crippen molar-refractivity contribution in [1.82, 2.24) is 9.97 Å². The van der Waals surface area contributed by atoms with Gasteiger partial charge < -0.3 is 20.7 Å². The largest absolute Gasteiger partial charge is 0.497 e. The number of hydrogen-bond acceptors (Lipinski definition) is 6. The molecule has 7 nitrogen and oxygen atoms in total. The number of methoxy groups -OCH3 is 1. The molecule has 0 spiro atoms. The fourth-order valence-corrected chi connectivity index (χ4v) is 3.52. The summed E-state index contributed by atoms with van der Waals surface area (Å²) < 4.78 is 5.19. The lowest BCUT2D eigenvalue weighted by atomic mass is 10.2. The van der Waals surface area contributed by atoms with Crippen LogP contribution in [0.15, 0.2) is 72.8 Å². The molecule has 0 fully saturated rings. The zero-order valence-corrected chi connectivity index (χ0v) is 19.9. The van der Waals surface area contributed by atoms with Crippen molar-refractivity contribution < 1.29 is 9.53 Å². The van der Waals surface area contributed by atoms with E-state index >= 15 is 0 Å². The number of nitrogens with zero attached hydrogens (tertiary/aromatic N) is 2. The van der Waals surface area contributed by atoms with Crippen molar-refractivity contribution in [3.63, 3.8) is 0 Å². The molecule has 0 saturated carbocycles. The minimum Gasteiger partial charge on any atom is -0.497 e. The lowest BCUT2D eigenvalue weighted by molar-refractivity contribution is 0.102. The topological polar surface area (TPSA) is 88.2 Å². The predicted octanol–water partition coefficient (Wildman–Crippen LogP) is 6.84. The molecule has 9 heteroatoms. The summed E-state index contributed by atoms with van der Waals surface area (Å²) in [7, 11) is 1.63. The van der Waals surface area contributed by atoms with Gasteiger partial charge in [0.1, 0.15) is 11.6 Å². The highest BCUT2D eigenvalue weighted by atomic mass is 35.5. The van der Waals surface area contributed by atoms with Crippen LogP contribution in [0.5, 0.6) is 5.75 Å². The molecule has 4 rings (SSSR count). The van der Waals surface area contributed by atoms with Crippen molar-refractivity contribution in [2.45, 2.75) is 6.92 Å². The first-order valence-corrected chi connectivity index (χ1v) is 11.1. The van der Waals surface area contributed by atoms with Gasteiger partial charge in [0, 0.05) is 33.8 Å². The standard InChI is InChI=1S/C25H21Cl2N5O2/c1-15-13-23(29-17-8-10-20(34-2)11-9-17)32-25(28-15)31-19-6-4-18(5-7-19)30-24(33)21-14-16(26)3-12-22(21)27/h3-14H,1-2H3,(H,30,33)(H2,28,29,31,32). The average Bonchev–Trinajstić information content (AvgIpc) is 2.82. The molecule has 0 unspecified atom stereocenters. The van der Waals surface area contributed by atoms with Gasteiger partial charge in [0.25, 0.3) is 5.91 Å². The number of ether oxygens (including phenoxy) is 1. The number of amides is 1. The lowest BCUT2D eigenvalue weighted by Crippen LogP contribution is -2.12. The van der Waals surface area contributed by atoms with Gasteiger partial charge in [-0.25, -0.2) is 4.98 Å². The van der Waals surface area contributed by atoms with E-state index in [0.717, 1.165) is 22.8 Å². The average molecular weight is 494 g/mol. The molecule has 0 radical (unpaired) electrons. The first-order valence-electron chi connectivity index (χ1n) is 10.3. The van der Waals surface area contributed by atoms with E-state index in [1.165, 1.54) is 6.07 Å². The van der Waals surface area contributed by atoms with Crippen LogP contribution in [-0.4, -0.2) is 23.0 Å². The summed E-state index contributed by atoms with van der Waals surface area (Å²) in [5, 5.41) is 10.0. The highest BCUT2D eigenvalue weighted by Crippen LogP contribution is 2.24. The number of rotatable bonds is 7. The first-order chi connectivity index (χ1) is 16.4. The third-order valence-corrected chi connectivity index (χ3v) is 5.35. The second-order valence-electron chi connectivity index (χ2n) is 7.35. The van der Waals surface area contributed by atoms with Crippen LogP contribution in [0, 0.1) is 6.92 Å². The van der Waals surface area contributed by atoms with Gasteiger partial charge in [-0.15, -0.1) is 0 Å². The van der Waals surface area contributed by atoms with Crippen LogP contribution in [0.25, 0.3) is 0 Å². The second-order valence-corrected chi connectivity index (χ2v) is 8.20. The monoisotopic (exact) mass is 493 g/mol. The molecule has 4 aromatic rings. The fourth-order valence-electron chi connectivity index (χ4n) is 3.15. The van der Waals surface area contributed by atoms with Crippen LogP contribution in [0.3, 0.4) is 0 Å². The zero-order chi connectivity index (χ0) is 24.1. The number of halogens is 2. The number of nitrogens with one attached hydrogen (secondary N) is 3. The van der Waals surface area contributed by atoms with E-state index in [-0.39, 0.29) is 5.91 Å². The Balaban J connectivity index is 1.43. The van der Waals surface area contributed by atoms with E-state index in [4.69, 9.17) is 27.9 Å². The maximum absolute atomic E-state index is 12.5. The van der Waals surface area contributed by atoms with Crippen molar-refractivity contribution in [2.75, 3.05) is 23.1 Å². The summed E-state index contributed by atoms with van der Waals surface area (Å²) in [5.41, 5.74) is 3.36. The number of benzene rings is 3. The number of aromatic nitrogens is 2. The fraction of sp³-hybridized carbons (Fsp3) is 0.0800. The van der Waals surface area contributed by atoms with Crippen molar-refractivity contribution >= 4 is 57.9 Å². The van der Waals surface area contributed by atoms with E-state index in [1.54, 1.807) is 31.4 Å². The Bertz CT molecular complexity index is 1310. The van der Waals surface area contributed by atoms with Crippen molar-refractivity contribution in [1.29, 1.82) is 0 Å². The highest BCUT2D eigenvalue weighted by Gasteiger charge is 2.11. The van der Waals surface area contributed by atoms with Gasteiger partial charge in [-0.2, -0.15) is 4.98 Å². The Kier molecular flexibility index (Phi) is 7.15. The van der Waals surface area contributed by atoms with Gasteiger partial charge >= 0.3 is 0 Å². The predicted molar refractivity (Wildman–Crippen MR) is 137 cm³/mol. The minimum absolute atomic E-state index is 0.307. The normalized spacial score (nSPS) is 10.5. The Labute approximate surface area is 207 Å². The third kappa shape index (κ3) is 5.95. The van der Waals surface area contributed by atoms with E-state index in [2.05, 4.69) is 25.9 Å².